The first-order valence-corrected chi connectivity index (χ1v) is 12.9. The Morgan fingerprint density at radius 1 is 1.21 bits per heavy atom. The number of sulfone groups is 1. The largest absolute Gasteiger partial charge is 0.342 e. The molecule has 2 aliphatic heterocycles. The van der Waals surface area contributed by atoms with E-state index in [1.807, 2.05) is 11.5 Å². The van der Waals surface area contributed by atoms with Crippen LogP contribution in [-0.4, -0.2) is 47.6 Å². The van der Waals surface area contributed by atoms with Gasteiger partial charge in [0, 0.05) is 17.4 Å². The molecule has 2 atom stereocenters. The molecule has 3 aliphatic rings. The molecule has 5 rings (SSSR count). The van der Waals surface area contributed by atoms with Crippen molar-refractivity contribution < 1.29 is 22.8 Å². The third-order valence-electron chi connectivity index (χ3n) is 6.98. The van der Waals surface area contributed by atoms with Gasteiger partial charge in [-0.15, -0.1) is 0 Å². The predicted octanol–water partition coefficient (Wildman–Crippen LogP) is 1.83. The van der Waals surface area contributed by atoms with Crippen molar-refractivity contribution >= 4 is 33.1 Å². The van der Waals surface area contributed by atoms with Crippen LogP contribution in [0.1, 0.15) is 62.6 Å². The van der Waals surface area contributed by atoms with Gasteiger partial charge in [0.2, 0.25) is 0 Å². The Bertz CT molecular complexity index is 1430. The number of amides is 2. The Morgan fingerprint density at radius 2 is 1.91 bits per heavy atom. The summed E-state index contributed by atoms with van der Waals surface area (Å²) in [4.78, 5) is 39.3. The van der Waals surface area contributed by atoms with Crippen LogP contribution in [0.15, 0.2) is 18.2 Å². The van der Waals surface area contributed by atoms with Crippen LogP contribution in [0.25, 0.3) is 0 Å². The van der Waals surface area contributed by atoms with Gasteiger partial charge in [0.15, 0.2) is 9.84 Å². The van der Waals surface area contributed by atoms with Crippen molar-refractivity contribution in [3.8, 4) is 6.07 Å². The lowest BCUT2D eigenvalue weighted by Gasteiger charge is -2.38. The van der Waals surface area contributed by atoms with E-state index in [1.165, 1.54) is 0 Å². The SMILES string of the molecule is Cc1ccc(NC(=O)c2c(C)c(C(=O)C(=O)NC3(C)CS(=O)(=O)C3)c3n2[C@@H]2C[C@@H]2C3)cc1C#N. The molecule has 2 aromatic rings. The molecule has 1 aromatic carbocycles. The first kappa shape index (κ1) is 22.3. The van der Waals surface area contributed by atoms with E-state index in [1.54, 1.807) is 32.0 Å². The van der Waals surface area contributed by atoms with Crippen LogP contribution in [0.4, 0.5) is 5.69 Å². The lowest BCUT2D eigenvalue weighted by molar-refractivity contribution is -0.118. The van der Waals surface area contributed by atoms with E-state index < -0.39 is 33.0 Å². The zero-order chi connectivity index (χ0) is 24.6. The van der Waals surface area contributed by atoms with Gasteiger partial charge in [0.05, 0.1) is 34.2 Å². The number of hydrogen-bond acceptors (Lipinski definition) is 6. The van der Waals surface area contributed by atoms with E-state index in [-0.39, 0.29) is 23.1 Å². The zero-order valence-electron chi connectivity index (χ0n) is 19.1. The van der Waals surface area contributed by atoms with E-state index >= 15 is 0 Å². The number of hydrogen-bond donors (Lipinski definition) is 2. The number of aryl methyl sites for hydroxylation is 1. The van der Waals surface area contributed by atoms with E-state index in [4.69, 9.17) is 0 Å². The Labute approximate surface area is 197 Å². The third-order valence-corrected chi connectivity index (χ3v) is 9.13. The van der Waals surface area contributed by atoms with Crippen LogP contribution < -0.4 is 10.6 Å². The average Bonchev–Trinajstić information content (AvgIpc) is 3.31. The van der Waals surface area contributed by atoms with Crippen molar-refractivity contribution in [2.45, 2.75) is 45.2 Å². The minimum absolute atomic E-state index is 0.126. The molecule has 176 valence electrons. The lowest BCUT2D eigenvalue weighted by Crippen LogP contribution is -2.64. The zero-order valence-corrected chi connectivity index (χ0v) is 19.9. The van der Waals surface area contributed by atoms with Crippen molar-refractivity contribution in [2.24, 2.45) is 5.92 Å². The van der Waals surface area contributed by atoms with E-state index in [0.717, 1.165) is 12.0 Å². The van der Waals surface area contributed by atoms with Gasteiger partial charge in [-0.25, -0.2) is 8.42 Å². The molecule has 0 radical (unpaired) electrons. The number of benzene rings is 1. The third kappa shape index (κ3) is 3.51. The number of rotatable bonds is 5. The quantitative estimate of drug-likeness (QED) is 0.495. The molecule has 0 bridgehead atoms. The van der Waals surface area contributed by atoms with E-state index in [9.17, 15) is 28.1 Å². The molecule has 10 heteroatoms. The molecule has 2 N–H and O–H groups in total. The predicted molar refractivity (Wildman–Crippen MR) is 123 cm³/mol. The molecule has 1 saturated heterocycles. The van der Waals surface area contributed by atoms with Gasteiger partial charge in [0.25, 0.3) is 17.6 Å². The first-order valence-electron chi connectivity index (χ1n) is 11.1. The maximum absolute atomic E-state index is 13.3. The Hall–Kier alpha value is -3.45. The van der Waals surface area contributed by atoms with Crippen LogP contribution in [0.5, 0.6) is 0 Å². The summed E-state index contributed by atoms with van der Waals surface area (Å²) in [6.07, 6.45) is 1.53. The maximum Gasteiger partial charge on any atom is 0.292 e. The fourth-order valence-electron chi connectivity index (χ4n) is 5.39. The van der Waals surface area contributed by atoms with Gasteiger partial charge in [-0.05, 0) is 62.8 Å². The molecular weight excluding hydrogens is 456 g/mol. The lowest BCUT2D eigenvalue weighted by atomic mass is 10.00. The molecule has 1 saturated carbocycles. The molecule has 0 spiro atoms. The van der Waals surface area contributed by atoms with Gasteiger partial charge in [-0.3, -0.25) is 14.4 Å². The number of nitrogens with zero attached hydrogens (tertiary/aromatic N) is 2. The highest BCUT2D eigenvalue weighted by atomic mass is 32.2. The standard InChI is InChI=1S/C24H24N4O5S/c1-12-4-5-16(6-15(12)9-25)26-22(30)20-13(2)19(18-8-14-7-17(14)28(18)20)21(29)23(31)27-24(3)10-34(32,33)11-24/h4-6,14,17H,7-8,10-11H2,1-3H3,(H,26,30)(H,27,31)/t14-,17-/m1/s1. The van der Waals surface area contributed by atoms with Gasteiger partial charge < -0.3 is 15.2 Å². The molecule has 0 unspecified atom stereocenters. The molecule has 2 fully saturated rings. The van der Waals surface area contributed by atoms with Crippen molar-refractivity contribution in [1.82, 2.24) is 9.88 Å². The number of aromatic nitrogens is 1. The van der Waals surface area contributed by atoms with Gasteiger partial charge in [0.1, 0.15) is 5.69 Å². The fraction of sp³-hybridized carbons (Fsp3) is 0.417. The number of carbonyl (C=O) groups excluding carboxylic acids is 3. The fourth-order valence-corrected chi connectivity index (χ4v) is 7.39. The van der Waals surface area contributed by atoms with Crippen LogP contribution in [-0.2, 0) is 21.1 Å². The second-order valence-corrected chi connectivity index (χ2v) is 12.0. The summed E-state index contributed by atoms with van der Waals surface area (Å²) < 4.78 is 25.0. The summed E-state index contributed by atoms with van der Waals surface area (Å²) in [7, 11) is -3.19. The molecule has 2 amide bonds. The van der Waals surface area contributed by atoms with Crippen LogP contribution in [0, 0.1) is 31.1 Å². The Balaban J connectivity index is 1.45. The van der Waals surface area contributed by atoms with Crippen molar-refractivity contribution in [2.75, 3.05) is 16.8 Å². The van der Waals surface area contributed by atoms with Crippen molar-refractivity contribution in [3.05, 3.63) is 51.8 Å². The molecule has 1 aliphatic carbocycles. The summed E-state index contributed by atoms with van der Waals surface area (Å²) in [6, 6.07) is 7.29. The summed E-state index contributed by atoms with van der Waals surface area (Å²) in [5.74, 6) is -2.09. The van der Waals surface area contributed by atoms with Crippen LogP contribution >= 0.6 is 0 Å². The minimum atomic E-state index is -3.19. The average molecular weight is 481 g/mol. The molecule has 9 nitrogen and oxygen atoms in total. The number of anilines is 1. The van der Waals surface area contributed by atoms with Crippen molar-refractivity contribution in [3.63, 3.8) is 0 Å². The summed E-state index contributed by atoms with van der Waals surface area (Å²) in [5.41, 5.74) is 2.43. The molecule has 3 heterocycles. The van der Waals surface area contributed by atoms with Gasteiger partial charge in [-0.1, -0.05) is 6.07 Å². The van der Waals surface area contributed by atoms with Gasteiger partial charge >= 0.3 is 0 Å². The second-order valence-electron chi connectivity index (χ2n) is 9.90. The number of carbonyl (C=O) groups is 3. The number of nitrogens with one attached hydrogen (secondary N) is 2. The number of fused-ring (bicyclic) bond motifs is 3. The second kappa shape index (κ2) is 7.27. The monoisotopic (exact) mass is 480 g/mol. The number of Topliss-reactive ketones (excluding diaryl/α,β-unsaturated/α-hetero) is 1. The topological polar surface area (TPSA) is 138 Å². The number of ketones is 1. The maximum atomic E-state index is 13.3. The van der Waals surface area contributed by atoms with Crippen LogP contribution in [0.3, 0.4) is 0 Å². The Morgan fingerprint density at radius 3 is 2.56 bits per heavy atom. The summed E-state index contributed by atoms with van der Waals surface area (Å²) in [6.45, 7) is 5.06. The van der Waals surface area contributed by atoms with Crippen molar-refractivity contribution in [1.29, 1.82) is 5.26 Å². The summed E-state index contributed by atoms with van der Waals surface area (Å²) >= 11 is 0. The summed E-state index contributed by atoms with van der Waals surface area (Å²) in [5, 5.41) is 14.7. The van der Waals surface area contributed by atoms with E-state index in [0.29, 0.717) is 40.5 Å². The molecule has 1 aromatic heterocycles. The smallest absolute Gasteiger partial charge is 0.292 e. The first-order chi connectivity index (χ1) is 15.9. The van der Waals surface area contributed by atoms with Gasteiger partial charge in [-0.2, -0.15) is 5.26 Å². The highest BCUT2D eigenvalue weighted by molar-refractivity contribution is 7.93. The normalized spacial score (nSPS) is 22.5. The Kier molecular flexibility index (Phi) is 4.78. The minimum Gasteiger partial charge on any atom is -0.342 e. The molecule has 34 heavy (non-hydrogen) atoms. The number of nitriles is 1. The molecular formula is C24H24N4O5S. The van der Waals surface area contributed by atoms with Crippen LogP contribution in [0.2, 0.25) is 0 Å². The highest BCUT2D eigenvalue weighted by Crippen LogP contribution is 2.54. The van der Waals surface area contributed by atoms with E-state index in [2.05, 4.69) is 16.7 Å². The highest BCUT2D eigenvalue weighted by Gasteiger charge is 2.51.